The van der Waals surface area contributed by atoms with Gasteiger partial charge in [-0.25, -0.2) is 4.79 Å². The second kappa shape index (κ2) is 1.59. The Balaban J connectivity index is 2.61. The first kappa shape index (κ1) is 5.47. The van der Waals surface area contributed by atoms with E-state index in [1.165, 1.54) is 0 Å². The highest BCUT2D eigenvalue weighted by atomic mass is 16.6. The van der Waals surface area contributed by atoms with Crippen molar-refractivity contribution in [3.63, 3.8) is 0 Å². The fraction of sp³-hybridized carbons (Fsp3) is 0.125. The van der Waals surface area contributed by atoms with E-state index in [1.807, 2.05) is 25.1 Å². The van der Waals surface area contributed by atoms with Crippen molar-refractivity contribution >= 4 is 5.97 Å². The van der Waals surface area contributed by atoms with E-state index in [-0.39, 0.29) is 5.97 Å². The summed E-state index contributed by atoms with van der Waals surface area (Å²) >= 11 is 0. The first-order valence-corrected chi connectivity index (χ1v) is 3.10. The molecule has 0 amide bonds. The Morgan fingerprint density at radius 1 is 1.40 bits per heavy atom. The molecule has 0 unspecified atom stereocenters. The van der Waals surface area contributed by atoms with Crippen LogP contribution in [0, 0.1) is 6.92 Å². The second-order valence-corrected chi connectivity index (χ2v) is 2.39. The van der Waals surface area contributed by atoms with Crippen LogP contribution in [0.15, 0.2) is 18.2 Å². The maximum absolute atomic E-state index is 10.7. The minimum Gasteiger partial charge on any atom is -0.422 e. The molecular weight excluding hydrogens is 128 g/mol. The van der Waals surface area contributed by atoms with Gasteiger partial charge in [-0.1, -0.05) is 6.07 Å². The molecule has 1 aliphatic heterocycles. The Morgan fingerprint density at radius 3 is 2.80 bits per heavy atom. The topological polar surface area (TPSA) is 26.3 Å². The molecule has 0 saturated carbocycles. The summed E-state index contributed by atoms with van der Waals surface area (Å²) < 4.78 is 4.70. The van der Waals surface area contributed by atoms with Gasteiger partial charge in [0.1, 0.15) is 11.3 Å². The third kappa shape index (κ3) is 0.559. The van der Waals surface area contributed by atoms with E-state index >= 15 is 0 Å². The SMILES string of the molecule is Cc1ccc2c(c1)C(=O)O2. The molecule has 0 spiro atoms. The van der Waals surface area contributed by atoms with Gasteiger partial charge in [-0.15, -0.1) is 0 Å². The van der Waals surface area contributed by atoms with Crippen molar-refractivity contribution in [3.05, 3.63) is 29.3 Å². The highest BCUT2D eigenvalue weighted by molar-refractivity contribution is 6.01. The molecule has 50 valence electrons. The molecule has 1 aromatic rings. The molecule has 2 nitrogen and oxygen atoms in total. The predicted molar refractivity (Wildman–Crippen MR) is 36.1 cm³/mol. The van der Waals surface area contributed by atoms with Gasteiger partial charge in [0.25, 0.3) is 0 Å². The molecule has 2 rings (SSSR count). The van der Waals surface area contributed by atoms with Gasteiger partial charge in [0.05, 0.1) is 0 Å². The van der Waals surface area contributed by atoms with Crippen molar-refractivity contribution in [2.45, 2.75) is 6.92 Å². The molecule has 0 aromatic heterocycles. The van der Waals surface area contributed by atoms with Gasteiger partial charge in [0.15, 0.2) is 0 Å². The molecule has 1 heterocycles. The van der Waals surface area contributed by atoms with Gasteiger partial charge in [-0.3, -0.25) is 0 Å². The largest absolute Gasteiger partial charge is 0.422 e. The quantitative estimate of drug-likeness (QED) is 0.503. The summed E-state index contributed by atoms with van der Waals surface area (Å²) in [6.45, 7) is 1.95. The van der Waals surface area contributed by atoms with E-state index in [9.17, 15) is 4.79 Å². The molecule has 0 atom stereocenters. The molecule has 0 bridgehead atoms. The molecule has 0 N–H and O–H groups in total. The summed E-state index contributed by atoms with van der Waals surface area (Å²) in [6.07, 6.45) is 0. The van der Waals surface area contributed by atoms with Crippen LogP contribution in [-0.2, 0) is 0 Å². The van der Waals surface area contributed by atoms with Crippen molar-refractivity contribution in [2.24, 2.45) is 0 Å². The smallest absolute Gasteiger partial charge is 0.347 e. The highest BCUT2D eigenvalue weighted by Crippen LogP contribution is 2.28. The van der Waals surface area contributed by atoms with Crippen LogP contribution in [-0.4, -0.2) is 5.97 Å². The third-order valence-electron chi connectivity index (χ3n) is 1.56. The van der Waals surface area contributed by atoms with E-state index in [4.69, 9.17) is 4.74 Å². The van der Waals surface area contributed by atoms with Gasteiger partial charge in [0.2, 0.25) is 0 Å². The molecule has 10 heavy (non-hydrogen) atoms. The summed E-state index contributed by atoms with van der Waals surface area (Å²) in [5, 5.41) is 0. The number of carbonyl (C=O) groups excluding carboxylic acids is 1. The summed E-state index contributed by atoms with van der Waals surface area (Å²) in [5.41, 5.74) is 1.80. The zero-order valence-electron chi connectivity index (χ0n) is 5.55. The molecule has 2 heteroatoms. The third-order valence-corrected chi connectivity index (χ3v) is 1.56. The van der Waals surface area contributed by atoms with Crippen LogP contribution >= 0.6 is 0 Å². The van der Waals surface area contributed by atoms with Crippen molar-refractivity contribution in [1.82, 2.24) is 0 Å². The maximum atomic E-state index is 10.7. The monoisotopic (exact) mass is 134 g/mol. The Labute approximate surface area is 58.4 Å². The van der Waals surface area contributed by atoms with Crippen LogP contribution in [0.2, 0.25) is 0 Å². The predicted octanol–water partition coefficient (Wildman–Crippen LogP) is 1.53. The number of benzene rings is 1. The molecule has 0 fully saturated rings. The normalized spacial score (nSPS) is 13.5. The van der Waals surface area contributed by atoms with Gasteiger partial charge >= 0.3 is 5.97 Å². The van der Waals surface area contributed by atoms with E-state index in [1.54, 1.807) is 0 Å². The second-order valence-electron chi connectivity index (χ2n) is 2.39. The number of carbonyl (C=O) groups is 1. The van der Waals surface area contributed by atoms with Crippen molar-refractivity contribution < 1.29 is 9.53 Å². The summed E-state index contributed by atoms with van der Waals surface area (Å²) in [6, 6.07) is 5.57. The van der Waals surface area contributed by atoms with Crippen LogP contribution < -0.4 is 4.74 Å². The minimum atomic E-state index is -0.210. The molecule has 0 aliphatic carbocycles. The Morgan fingerprint density at radius 2 is 2.20 bits per heavy atom. The van der Waals surface area contributed by atoms with E-state index in [0.717, 1.165) is 5.56 Å². The van der Waals surface area contributed by atoms with E-state index in [0.29, 0.717) is 11.3 Å². The lowest BCUT2D eigenvalue weighted by molar-refractivity contribution is 0.0658. The van der Waals surface area contributed by atoms with E-state index < -0.39 is 0 Å². The zero-order valence-corrected chi connectivity index (χ0v) is 5.55. The number of fused-ring (bicyclic) bond motifs is 1. The molecular formula is C8H6O2. The lowest BCUT2D eigenvalue weighted by Crippen LogP contribution is -2.20. The van der Waals surface area contributed by atoms with Gasteiger partial charge in [-0.2, -0.15) is 0 Å². The Kier molecular flexibility index (Phi) is 0.873. The van der Waals surface area contributed by atoms with Crippen LogP contribution in [0.5, 0.6) is 5.75 Å². The number of rotatable bonds is 0. The standard InChI is InChI=1S/C8H6O2/c1-5-2-3-7-6(4-5)8(9)10-7/h2-4H,1H3. The summed E-state index contributed by atoms with van der Waals surface area (Å²) in [5.74, 6) is 0.495. The number of hydrogen-bond donors (Lipinski definition) is 0. The van der Waals surface area contributed by atoms with E-state index in [2.05, 4.69) is 0 Å². The fourth-order valence-electron chi connectivity index (χ4n) is 1.00. The van der Waals surface area contributed by atoms with Crippen LogP contribution in [0.1, 0.15) is 15.9 Å². The van der Waals surface area contributed by atoms with Gasteiger partial charge in [0, 0.05) is 0 Å². The van der Waals surface area contributed by atoms with Crippen molar-refractivity contribution in [1.29, 1.82) is 0 Å². The first-order valence-electron chi connectivity index (χ1n) is 3.10. The lowest BCUT2D eigenvalue weighted by atomic mass is 10.1. The summed E-state index contributed by atoms with van der Waals surface area (Å²) in [7, 11) is 0. The van der Waals surface area contributed by atoms with Gasteiger partial charge in [-0.05, 0) is 24.6 Å². The number of esters is 1. The molecule has 1 aromatic carbocycles. The number of ether oxygens (including phenoxy) is 1. The number of aryl methyl sites for hydroxylation is 1. The highest BCUT2D eigenvalue weighted by Gasteiger charge is 2.24. The fourth-order valence-corrected chi connectivity index (χ4v) is 1.00. The van der Waals surface area contributed by atoms with Crippen LogP contribution in [0.25, 0.3) is 0 Å². The molecule has 0 saturated heterocycles. The number of hydrogen-bond acceptors (Lipinski definition) is 2. The minimum absolute atomic E-state index is 0.210. The van der Waals surface area contributed by atoms with Crippen LogP contribution in [0.4, 0.5) is 0 Å². The Hall–Kier alpha value is -1.31. The first-order chi connectivity index (χ1) is 4.77. The van der Waals surface area contributed by atoms with Crippen molar-refractivity contribution in [2.75, 3.05) is 0 Å². The molecule has 0 radical (unpaired) electrons. The average molecular weight is 134 g/mol. The zero-order chi connectivity index (χ0) is 7.14. The van der Waals surface area contributed by atoms with Gasteiger partial charge < -0.3 is 4.74 Å². The lowest BCUT2D eigenvalue weighted by Gasteiger charge is -2.16. The average Bonchev–Trinajstić information content (AvgIpc) is 1.92. The molecule has 1 aliphatic rings. The Bertz CT molecular complexity index is 302. The van der Waals surface area contributed by atoms with Crippen LogP contribution in [0.3, 0.4) is 0 Å². The maximum Gasteiger partial charge on any atom is 0.347 e. The van der Waals surface area contributed by atoms with Crippen molar-refractivity contribution in [3.8, 4) is 5.75 Å². The summed E-state index contributed by atoms with van der Waals surface area (Å²) in [4.78, 5) is 10.7.